The number of hydrogen-bond donors (Lipinski definition) is 1. The van der Waals surface area contributed by atoms with Gasteiger partial charge in [0.25, 0.3) is 14.2 Å². The number of hydrogen-bond acceptors (Lipinski definition) is 8. The zero-order valence-corrected chi connectivity index (χ0v) is 29.1. The number of ether oxygens (including phenoxy) is 3. The van der Waals surface area contributed by atoms with Crippen LogP contribution in [0.4, 0.5) is 8.78 Å². The zero-order valence-electron chi connectivity index (χ0n) is 28.1. The van der Waals surface area contributed by atoms with Gasteiger partial charge in [-0.05, 0) is 40.7 Å². The number of carbonyl (C=O) groups excluding carboxylic acids is 1. The third kappa shape index (κ3) is 10.0. The van der Waals surface area contributed by atoms with Crippen molar-refractivity contribution < 1.29 is 32.2 Å². The Bertz CT molecular complexity index is 1330. The molecule has 0 unspecified atom stereocenters. The van der Waals surface area contributed by atoms with Crippen LogP contribution in [-0.4, -0.2) is 101 Å². The number of likely N-dealkylation sites (tertiary alicyclic amines) is 1. The van der Waals surface area contributed by atoms with Gasteiger partial charge in [0.05, 0.1) is 58.4 Å². The highest BCUT2D eigenvalue weighted by molar-refractivity contribution is 6.99. The molecule has 2 aromatic carbocycles. The third-order valence-electron chi connectivity index (χ3n) is 8.77. The number of methoxy groups -OCH3 is 1. The molecule has 0 spiro atoms. The van der Waals surface area contributed by atoms with Crippen LogP contribution >= 0.6 is 0 Å². The Morgan fingerprint density at radius 2 is 1.60 bits per heavy atom. The maximum absolute atomic E-state index is 15.8. The quantitative estimate of drug-likeness (QED) is 0.131. The van der Waals surface area contributed by atoms with Gasteiger partial charge in [0.2, 0.25) is 0 Å². The number of rotatable bonds is 17. The molecule has 0 radical (unpaired) electrons. The number of benzene rings is 2. The van der Waals surface area contributed by atoms with Crippen LogP contribution in [0.25, 0.3) is 0 Å². The van der Waals surface area contributed by atoms with Crippen LogP contribution in [0.3, 0.4) is 0 Å². The minimum Gasteiger partial charge on any atom is -0.465 e. The lowest BCUT2D eigenvalue weighted by molar-refractivity contribution is -0.0756. The van der Waals surface area contributed by atoms with E-state index >= 15 is 8.78 Å². The van der Waals surface area contributed by atoms with Gasteiger partial charge in [-0.2, -0.15) is 5.10 Å². The fourth-order valence-corrected chi connectivity index (χ4v) is 10.9. The van der Waals surface area contributed by atoms with Crippen LogP contribution in [-0.2, 0) is 25.2 Å². The molecule has 3 aromatic rings. The first-order valence-corrected chi connectivity index (χ1v) is 18.2. The van der Waals surface area contributed by atoms with Crippen molar-refractivity contribution in [2.24, 2.45) is 11.7 Å². The molecular formula is C35H50F2N4O5Si. The van der Waals surface area contributed by atoms with Gasteiger partial charge in [-0.1, -0.05) is 81.4 Å². The van der Waals surface area contributed by atoms with Crippen molar-refractivity contribution in [1.29, 1.82) is 0 Å². The first-order chi connectivity index (χ1) is 22.4. The maximum Gasteiger partial charge on any atom is 0.341 e. The Morgan fingerprint density at radius 3 is 2.19 bits per heavy atom. The van der Waals surface area contributed by atoms with Crippen molar-refractivity contribution in [3.05, 3.63) is 78.6 Å². The van der Waals surface area contributed by atoms with E-state index in [1.54, 1.807) is 10.9 Å². The topological polar surface area (TPSA) is 101 Å². The van der Waals surface area contributed by atoms with Gasteiger partial charge in [-0.25, -0.2) is 13.6 Å². The van der Waals surface area contributed by atoms with Gasteiger partial charge in [-0.3, -0.25) is 9.58 Å². The molecule has 2 N–H and O–H groups in total. The molecule has 1 saturated heterocycles. The highest BCUT2D eigenvalue weighted by atomic mass is 28.4. The third-order valence-corrected chi connectivity index (χ3v) is 13.8. The molecule has 0 aliphatic carbocycles. The minimum absolute atomic E-state index is 0.0573. The Morgan fingerprint density at radius 1 is 0.979 bits per heavy atom. The number of alkyl halides is 2. The smallest absolute Gasteiger partial charge is 0.341 e. The predicted octanol–water partition coefficient (Wildman–Crippen LogP) is 3.95. The first kappa shape index (κ1) is 36.8. The first-order valence-electron chi connectivity index (χ1n) is 16.3. The van der Waals surface area contributed by atoms with Crippen LogP contribution in [0, 0.1) is 5.92 Å². The van der Waals surface area contributed by atoms with E-state index in [4.69, 9.17) is 19.6 Å². The summed E-state index contributed by atoms with van der Waals surface area (Å²) < 4.78 is 55.8. The number of carbonyl (C=O) groups is 1. The highest BCUT2D eigenvalue weighted by Crippen LogP contribution is 2.38. The summed E-state index contributed by atoms with van der Waals surface area (Å²) in [4.78, 5) is 13.4. The van der Waals surface area contributed by atoms with Crippen LogP contribution in [0.1, 0.15) is 44.0 Å². The van der Waals surface area contributed by atoms with Crippen molar-refractivity contribution >= 4 is 24.7 Å². The summed E-state index contributed by atoms with van der Waals surface area (Å²) in [5.41, 5.74) is 6.80. The number of nitrogens with zero attached hydrogens (tertiary/aromatic N) is 3. The fourth-order valence-electron chi connectivity index (χ4n) is 6.35. The van der Waals surface area contributed by atoms with Crippen molar-refractivity contribution in [3.63, 3.8) is 0 Å². The standard InChI is InChI=1S/C35H50F2N4O5Si/c1-34(2,3)47(30-11-7-5-8-12-30,31-13-9-6-10-14-31)46-27-35(36,37)26-40-17-15-32(38)28(24-40)16-19-44-21-22-45-20-18-41-25-29(23-39-41)33(42)43-4/h5-14,23,25,28,32H,15-22,24,26-27,38H2,1-4H3/t28-,32-/m0/s1. The molecule has 1 aliphatic heterocycles. The molecule has 1 aromatic heterocycles. The van der Waals surface area contributed by atoms with E-state index in [1.165, 1.54) is 13.3 Å². The van der Waals surface area contributed by atoms with Crippen LogP contribution < -0.4 is 16.1 Å². The van der Waals surface area contributed by atoms with E-state index in [2.05, 4.69) is 30.6 Å². The Balaban J connectivity index is 1.24. The van der Waals surface area contributed by atoms with Gasteiger partial charge in [0.1, 0.15) is 0 Å². The normalized spacial score (nSPS) is 17.9. The lowest BCUT2D eigenvalue weighted by Gasteiger charge is -2.44. The summed E-state index contributed by atoms with van der Waals surface area (Å²) >= 11 is 0. The van der Waals surface area contributed by atoms with Gasteiger partial charge < -0.3 is 24.4 Å². The maximum atomic E-state index is 15.8. The molecule has 9 nitrogen and oxygen atoms in total. The van der Waals surface area contributed by atoms with E-state index < -0.39 is 26.8 Å². The number of piperidine rings is 1. The van der Waals surface area contributed by atoms with E-state index in [1.807, 2.05) is 65.6 Å². The number of aromatic nitrogens is 2. The summed E-state index contributed by atoms with van der Waals surface area (Å²) in [6, 6.07) is 19.7. The fraction of sp³-hybridized carbons (Fsp3) is 0.543. The number of halogens is 2. The molecule has 47 heavy (non-hydrogen) atoms. The summed E-state index contributed by atoms with van der Waals surface area (Å²) in [7, 11) is -1.75. The SMILES string of the molecule is COC(=O)c1cnn(CCOCCOCC[C@H]2CN(CC(F)(F)CO[Si](c3ccccc3)(c3ccccc3)C(C)(C)C)CC[C@@H]2N)c1. The molecule has 1 aliphatic rings. The van der Waals surface area contributed by atoms with E-state index in [-0.39, 0.29) is 23.5 Å². The molecule has 0 saturated carbocycles. The lowest BCUT2D eigenvalue weighted by Crippen LogP contribution is -2.67. The largest absolute Gasteiger partial charge is 0.465 e. The molecule has 0 amide bonds. The Kier molecular flexibility index (Phi) is 13.2. The van der Waals surface area contributed by atoms with Crippen molar-refractivity contribution in [2.45, 2.75) is 57.2 Å². The summed E-state index contributed by atoms with van der Waals surface area (Å²) in [5.74, 6) is -3.41. The van der Waals surface area contributed by atoms with Gasteiger partial charge in [0.15, 0.2) is 0 Å². The average Bonchev–Trinajstić information content (AvgIpc) is 3.53. The molecule has 258 valence electrons. The lowest BCUT2D eigenvalue weighted by atomic mass is 9.90. The molecule has 12 heteroatoms. The monoisotopic (exact) mass is 672 g/mol. The van der Waals surface area contributed by atoms with Crippen molar-refractivity contribution in [3.8, 4) is 0 Å². The second kappa shape index (κ2) is 16.9. The van der Waals surface area contributed by atoms with E-state index in [9.17, 15) is 4.79 Å². The van der Waals surface area contributed by atoms with E-state index in [0.29, 0.717) is 64.5 Å². The molecule has 0 bridgehead atoms. The summed E-state index contributed by atoms with van der Waals surface area (Å²) in [6.07, 6.45) is 4.41. The highest BCUT2D eigenvalue weighted by Gasteiger charge is 2.52. The molecule has 2 heterocycles. The number of esters is 1. The number of nitrogens with two attached hydrogens (primary N) is 1. The van der Waals surface area contributed by atoms with Crippen molar-refractivity contribution in [2.75, 3.05) is 59.8 Å². The Labute approximate surface area is 278 Å². The zero-order chi connectivity index (χ0) is 33.9. The van der Waals surface area contributed by atoms with Crippen LogP contribution in [0.5, 0.6) is 0 Å². The van der Waals surface area contributed by atoms with Crippen LogP contribution in [0.2, 0.25) is 5.04 Å². The molecule has 4 rings (SSSR count). The van der Waals surface area contributed by atoms with E-state index in [0.717, 1.165) is 10.4 Å². The van der Waals surface area contributed by atoms with Crippen molar-refractivity contribution in [1.82, 2.24) is 14.7 Å². The summed E-state index contributed by atoms with van der Waals surface area (Å²) in [6.45, 7) is 8.48. The minimum atomic E-state index is -3.07. The molecule has 1 fully saturated rings. The predicted molar refractivity (Wildman–Crippen MR) is 181 cm³/mol. The average molecular weight is 673 g/mol. The molecular weight excluding hydrogens is 622 g/mol. The van der Waals surface area contributed by atoms with Gasteiger partial charge in [0, 0.05) is 25.4 Å². The molecule has 2 atom stereocenters. The Hall–Kier alpha value is -3.00. The summed E-state index contributed by atoms with van der Waals surface area (Å²) in [5, 5.41) is 5.70. The van der Waals surface area contributed by atoms with Gasteiger partial charge in [-0.15, -0.1) is 0 Å². The second-order valence-electron chi connectivity index (χ2n) is 13.3. The second-order valence-corrected chi connectivity index (χ2v) is 17.6. The van der Waals surface area contributed by atoms with Crippen LogP contribution in [0.15, 0.2) is 73.1 Å². The van der Waals surface area contributed by atoms with Gasteiger partial charge >= 0.3 is 5.97 Å².